The standard InChI is InChI=1S/C24H25N7O2/c1-2-15-8-4-6-12-18(15)26-22-28-19(27-21(25)29-22)14-31-20(32)24(30-23(31)33)13-7-10-16-9-3-5-11-17(16)24/h3-6,8-9,11-12H,2,7,10,13-14H2,1H3,(H,30,33)(H3,25,26,27,28,29)/t24-/m0/s1. The summed E-state index contributed by atoms with van der Waals surface area (Å²) in [6.45, 7) is 1.97. The van der Waals surface area contributed by atoms with Crippen molar-refractivity contribution in [3.05, 3.63) is 71.0 Å². The molecule has 2 heterocycles. The maximum atomic E-state index is 13.5. The summed E-state index contributed by atoms with van der Waals surface area (Å²) < 4.78 is 0. The minimum absolute atomic E-state index is 0.0151. The van der Waals surface area contributed by atoms with Crippen LogP contribution < -0.4 is 16.4 Å². The Morgan fingerprint density at radius 1 is 1.09 bits per heavy atom. The Morgan fingerprint density at radius 3 is 2.73 bits per heavy atom. The third-order valence-electron chi connectivity index (χ3n) is 6.29. The topological polar surface area (TPSA) is 126 Å². The number of aromatic nitrogens is 3. The molecule has 1 aliphatic carbocycles. The summed E-state index contributed by atoms with van der Waals surface area (Å²) in [6.07, 6.45) is 3.10. The van der Waals surface area contributed by atoms with E-state index in [4.69, 9.17) is 5.73 Å². The molecule has 9 nitrogen and oxygen atoms in total. The lowest BCUT2D eigenvalue weighted by molar-refractivity contribution is -0.132. The number of amides is 3. The smallest absolute Gasteiger partial charge is 0.325 e. The van der Waals surface area contributed by atoms with Gasteiger partial charge in [-0.05, 0) is 48.4 Å². The van der Waals surface area contributed by atoms with Gasteiger partial charge >= 0.3 is 6.03 Å². The van der Waals surface area contributed by atoms with Gasteiger partial charge in [-0.2, -0.15) is 15.0 Å². The van der Waals surface area contributed by atoms with Crippen LogP contribution >= 0.6 is 0 Å². The second-order valence-electron chi connectivity index (χ2n) is 8.31. The second-order valence-corrected chi connectivity index (χ2v) is 8.31. The number of aryl methyl sites for hydroxylation is 2. The van der Waals surface area contributed by atoms with E-state index in [2.05, 4.69) is 32.5 Å². The highest BCUT2D eigenvalue weighted by molar-refractivity contribution is 6.07. The Balaban J connectivity index is 1.42. The predicted molar refractivity (Wildman–Crippen MR) is 123 cm³/mol. The van der Waals surface area contributed by atoms with Crippen LogP contribution in [-0.4, -0.2) is 31.8 Å². The van der Waals surface area contributed by atoms with Gasteiger partial charge in [-0.25, -0.2) is 4.79 Å². The van der Waals surface area contributed by atoms with Crippen LogP contribution in [0.25, 0.3) is 0 Å². The van der Waals surface area contributed by atoms with Crippen LogP contribution in [0, 0.1) is 0 Å². The molecule has 33 heavy (non-hydrogen) atoms. The van der Waals surface area contributed by atoms with Gasteiger partial charge in [0.15, 0.2) is 5.82 Å². The number of anilines is 3. The quantitative estimate of drug-likeness (QED) is 0.517. The zero-order chi connectivity index (χ0) is 23.0. The number of nitrogens with zero attached hydrogens (tertiary/aromatic N) is 4. The number of rotatable bonds is 5. The minimum Gasteiger partial charge on any atom is -0.368 e. The van der Waals surface area contributed by atoms with Gasteiger partial charge < -0.3 is 16.4 Å². The maximum Gasteiger partial charge on any atom is 0.325 e. The predicted octanol–water partition coefficient (Wildman–Crippen LogP) is 3.04. The van der Waals surface area contributed by atoms with Crippen molar-refractivity contribution >= 4 is 29.5 Å². The number of hydrogen-bond acceptors (Lipinski definition) is 7. The van der Waals surface area contributed by atoms with Crippen LogP contribution in [0.15, 0.2) is 48.5 Å². The number of carbonyl (C=O) groups excluding carboxylic acids is 2. The monoisotopic (exact) mass is 443 g/mol. The largest absolute Gasteiger partial charge is 0.368 e. The average Bonchev–Trinajstić information content (AvgIpc) is 3.04. The van der Waals surface area contributed by atoms with Crippen molar-refractivity contribution in [2.75, 3.05) is 11.1 Å². The maximum absolute atomic E-state index is 13.5. The third-order valence-corrected chi connectivity index (χ3v) is 6.29. The second kappa shape index (κ2) is 8.16. The molecular formula is C24H25N7O2. The van der Waals surface area contributed by atoms with Crippen LogP contribution in [-0.2, 0) is 29.7 Å². The van der Waals surface area contributed by atoms with Crippen LogP contribution in [0.1, 0.15) is 42.3 Å². The highest BCUT2D eigenvalue weighted by Crippen LogP contribution is 2.40. The molecule has 1 atom stereocenters. The molecule has 2 aromatic carbocycles. The van der Waals surface area contributed by atoms with Crippen molar-refractivity contribution in [1.82, 2.24) is 25.2 Å². The number of para-hydroxylation sites is 1. The molecule has 9 heteroatoms. The van der Waals surface area contributed by atoms with Gasteiger partial charge in [0.25, 0.3) is 5.91 Å². The van der Waals surface area contributed by atoms with Gasteiger partial charge in [-0.15, -0.1) is 0 Å². The van der Waals surface area contributed by atoms with E-state index >= 15 is 0 Å². The first-order valence-corrected chi connectivity index (χ1v) is 11.1. The molecular weight excluding hydrogens is 418 g/mol. The fourth-order valence-corrected chi connectivity index (χ4v) is 4.73. The zero-order valence-electron chi connectivity index (χ0n) is 18.3. The van der Waals surface area contributed by atoms with Crippen molar-refractivity contribution < 1.29 is 9.59 Å². The summed E-state index contributed by atoms with van der Waals surface area (Å²) in [4.78, 5) is 40.4. The Morgan fingerprint density at radius 2 is 1.88 bits per heavy atom. The normalized spacial score (nSPS) is 19.5. The lowest BCUT2D eigenvalue weighted by Gasteiger charge is -2.33. The summed E-state index contributed by atoms with van der Waals surface area (Å²) in [5.74, 6) is 0.234. The molecule has 1 fully saturated rings. The first kappa shape index (κ1) is 20.9. The van der Waals surface area contributed by atoms with Gasteiger partial charge in [0, 0.05) is 5.69 Å². The zero-order valence-corrected chi connectivity index (χ0v) is 18.3. The molecule has 0 saturated carbocycles. The molecule has 3 aromatic rings. The number of carbonyl (C=O) groups is 2. The Hall–Kier alpha value is -4.01. The molecule has 0 unspecified atom stereocenters. The molecule has 168 valence electrons. The molecule has 4 N–H and O–H groups in total. The SMILES string of the molecule is CCc1ccccc1Nc1nc(N)nc(CN2C(=O)N[C@]3(CCCc4ccccc43)C2=O)n1. The van der Waals surface area contributed by atoms with Crippen LogP contribution in [0.3, 0.4) is 0 Å². The van der Waals surface area contributed by atoms with Crippen molar-refractivity contribution in [3.63, 3.8) is 0 Å². The van der Waals surface area contributed by atoms with E-state index in [9.17, 15) is 9.59 Å². The number of urea groups is 1. The van der Waals surface area contributed by atoms with Crippen molar-refractivity contribution in [2.45, 2.75) is 44.7 Å². The highest BCUT2D eigenvalue weighted by Gasteiger charge is 2.54. The van der Waals surface area contributed by atoms with E-state index in [1.54, 1.807) is 0 Å². The van der Waals surface area contributed by atoms with Gasteiger partial charge in [-0.1, -0.05) is 49.4 Å². The number of nitrogen functional groups attached to an aromatic ring is 1. The molecule has 1 aromatic heterocycles. The molecule has 1 saturated heterocycles. The van der Waals surface area contributed by atoms with E-state index in [-0.39, 0.29) is 30.2 Å². The van der Waals surface area contributed by atoms with Gasteiger partial charge in [0.2, 0.25) is 11.9 Å². The van der Waals surface area contributed by atoms with E-state index < -0.39 is 11.6 Å². The first-order valence-electron chi connectivity index (χ1n) is 11.1. The first-order chi connectivity index (χ1) is 16.0. The molecule has 1 aliphatic heterocycles. The van der Waals surface area contributed by atoms with Crippen molar-refractivity contribution in [3.8, 4) is 0 Å². The summed E-state index contributed by atoms with van der Waals surface area (Å²) in [7, 11) is 0. The molecule has 5 rings (SSSR count). The van der Waals surface area contributed by atoms with E-state index in [1.807, 2.05) is 48.5 Å². The number of hydrogen-bond donors (Lipinski definition) is 3. The van der Waals surface area contributed by atoms with Gasteiger partial charge in [0.1, 0.15) is 5.54 Å². The minimum atomic E-state index is -1.04. The lowest BCUT2D eigenvalue weighted by Crippen LogP contribution is -2.46. The number of nitrogens with one attached hydrogen (secondary N) is 2. The van der Waals surface area contributed by atoms with E-state index in [0.717, 1.165) is 41.6 Å². The van der Waals surface area contributed by atoms with Crippen LogP contribution in [0.5, 0.6) is 0 Å². The van der Waals surface area contributed by atoms with E-state index in [1.165, 1.54) is 4.90 Å². The number of imide groups is 1. The molecule has 2 aliphatic rings. The van der Waals surface area contributed by atoms with Gasteiger partial charge in [-0.3, -0.25) is 9.69 Å². The lowest BCUT2D eigenvalue weighted by atomic mass is 9.76. The Labute approximate surface area is 191 Å². The summed E-state index contributed by atoms with van der Waals surface area (Å²) in [5, 5.41) is 6.12. The van der Waals surface area contributed by atoms with Crippen LogP contribution in [0.2, 0.25) is 0 Å². The fourth-order valence-electron chi connectivity index (χ4n) is 4.73. The molecule has 3 amide bonds. The Bertz CT molecular complexity index is 1240. The average molecular weight is 444 g/mol. The summed E-state index contributed by atoms with van der Waals surface area (Å²) in [6, 6.07) is 15.2. The summed E-state index contributed by atoms with van der Waals surface area (Å²) >= 11 is 0. The van der Waals surface area contributed by atoms with Crippen LogP contribution in [0.4, 0.5) is 22.4 Å². The van der Waals surface area contributed by atoms with Gasteiger partial charge in [0.05, 0.1) is 6.54 Å². The van der Waals surface area contributed by atoms with Crippen molar-refractivity contribution in [1.29, 1.82) is 0 Å². The highest BCUT2D eigenvalue weighted by atomic mass is 16.2. The number of fused-ring (bicyclic) bond motifs is 2. The molecule has 1 spiro atoms. The molecule has 0 radical (unpaired) electrons. The third kappa shape index (κ3) is 3.65. The molecule has 0 bridgehead atoms. The Kier molecular flexibility index (Phi) is 5.16. The summed E-state index contributed by atoms with van der Waals surface area (Å²) in [5.41, 5.74) is 8.81. The van der Waals surface area contributed by atoms with Crippen molar-refractivity contribution in [2.24, 2.45) is 0 Å². The van der Waals surface area contributed by atoms with E-state index in [0.29, 0.717) is 6.42 Å². The number of nitrogens with two attached hydrogens (primary N) is 1. The number of benzene rings is 2. The fraction of sp³-hybridized carbons (Fsp3) is 0.292.